The van der Waals surface area contributed by atoms with Gasteiger partial charge in [0.25, 0.3) is 5.56 Å². The zero-order chi connectivity index (χ0) is 21.2. The number of nitrogens with two attached hydrogens (primary N) is 1. The summed E-state index contributed by atoms with van der Waals surface area (Å²) in [4.78, 5) is 40.4. The molecular weight excluding hydrogens is 390 g/mol. The molecule has 3 N–H and O–H groups in total. The molecule has 0 spiro atoms. The van der Waals surface area contributed by atoms with Gasteiger partial charge in [-0.15, -0.1) is 11.8 Å². The first-order valence-corrected chi connectivity index (χ1v) is 10.7. The number of carbonyl (C=O) groups is 1. The van der Waals surface area contributed by atoms with Gasteiger partial charge in [0, 0.05) is 36.3 Å². The molecule has 0 bridgehead atoms. The number of thioether (sulfide) groups is 1. The van der Waals surface area contributed by atoms with Gasteiger partial charge >= 0.3 is 5.69 Å². The average molecular weight is 420 g/mol. The number of amides is 1. The normalized spacial score (nSPS) is 11.0. The van der Waals surface area contributed by atoms with Crippen molar-refractivity contribution in [2.75, 3.05) is 37.7 Å². The maximum absolute atomic E-state index is 12.7. The van der Waals surface area contributed by atoms with Crippen LogP contribution in [0.3, 0.4) is 0 Å². The van der Waals surface area contributed by atoms with Crippen molar-refractivity contribution in [3.05, 3.63) is 57.2 Å². The Balaban J connectivity index is 1.96. The molecule has 0 saturated heterocycles. The molecule has 0 aliphatic heterocycles. The Kier molecular flexibility index (Phi) is 9.01. The second kappa shape index (κ2) is 11.5. The number of benzene rings is 1. The van der Waals surface area contributed by atoms with Crippen LogP contribution in [-0.4, -0.2) is 51.9 Å². The molecule has 158 valence electrons. The number of anilines is 1. The van der Waals surface area contributed by atoms with E-state index >= 15 is 0 Å². The molecule has 29 heavy (non-hydrogen) atoms. The van der Waals surface area contributed by atoms with Gasteiger partial charge in [-0.1, -0.05) is 32.0 Å². The summed E-state index contributed by atoms with van der Waals surface area (Å²) in [5.41, 5.74) is 4.74. The Morgan fingerprint density at radius 3 is 2.48 bits per heavy atom. The van der Waals surface area contributed by atoms with E-state index in [0.29, 0.717) is 25.4 Å². The second-order valence-electron chi connectivity index (χ2n) is 6.47. The van der Waals surface area contributed by atoms with E-state index in [4.69, 9.17) is 5.73 Å². The molecule has 1 heterocycles. The highest BCUT2D eigenvalue weighted by atomic mass is 32.2. The first kappa shape index (κ1) is 22.8. The van der Waals surface area contributed by atoms with Crippen molar-refractivity contribution in [3.63, 3.8) is 0 Å². The number of aromatic nitrogens is 2. The molecule has 0 atom stereocenters. The van der Waals surface area contributed by atoms with Crippen LogP contribution in [0.2, 0.25) is 0 Å². The third kappa shape index (κ3) is 6.79. The van der Waals surface area contributed by atoms with E-state index in [0.717, 1.165) is 22.6 Å². The van der Waals surface area contributed by atoms with E-state index in [2.05, 4.69) is 10.2 Å². The zero-order valence-corrected chi connectivity index (χ0v) is 17.8. The van der Waals surface area contributed by atoms with Crippen LogP contribution < -0.4 is 22.3 Å². The fourth-order valence-corrected chi connectivity index (χ4v) is 3.65. The minimum Gasteiger partial charge on any atom is -0.385 e. The van der Waals surface area contributed by atoms with E-state index in [1.54, 1.807) is 11.8 Å². The van der Waals surface area contributed by atoms with Crippen LogP contribution in [0.4, 0.5) is 5.82 Å². The van der Waals surface area contributed by atoms with Crippen LogP contribution in [0.15, 0.2) is 50.9 Å². The Morgan fingerprint density at radius 2 is 1.83 bits per heavy atom. The van der Waals surface area contributed by atoms with Gasteiger partial charge in [0.15, 0.2) is 0 Å². The fourth-order valence-electron chi connectivity index (χ4n) is 2.86. The van der Waals surface area contributed by atoms with Crippen molar-refractivity contribution in [1.29, 1.82) is 0 Å². The maximum Gasteiger partial charge on any atom is 0.333 e. The summed E-state index contributed by atoms with van der Waals surface area (Å²) in [6.45, 7) is 6.91. The number of carbonyl (C=O) groups excluding carboxylic acids is 1. The summed E-state index contributed by atoms with van der Waals surface area (Å²) in [7, 11) is 0. The Bertz CT molecular complexity index is 907. The van der Waals surface area contributed by atoms with Crippen molar-refractivity contribution in [3.8, 4) is 0 Å². The molecule has 0 unspecified atom stereocenters. The summed E-state index contributed by atoms with van der Waals surface area (Å²) in [6.07, 6.45) is 0. The quantitative estimate of drug-likeness (QED) is 0.413. The third-order valence-corrected chi connectivity index (χ3v) is 5.60. The van der Waals surface area contributed by atoms with Crippen molar-refractivity contribution in [2.45, 2.75) is 31.8 Å². The predicted molar refractivity (Wildman–Crippen MR) is 117 cm³/mol. The smallest absolute Gasteiger partial charge is 0.333 e. The van der Waals surface area contributed by atoms with E-state index < -0.39 is 11.2 Å². The van der Waals surface area contributed by atoms with Gasteiger partial charge < -0.3 is 16.0 Å². The topological polar surface area (TPSA) is 102 Å². The van der Waals surface area contributed by atoms with Crippen molar-refractivity contribution >= 4 is 23.5 Å². The lowest BCUT2D eigenvalue weighted by Crippen LogP contribution is -2.45. The first-order chi connectivity index (χ1) is 14.0. The van der Waals surface area contributed by atoms with Crippen LogP contribution in [0.5, 0.6) is 0 Å². The standard InChI is InChI=1S/C20H29N5O3S/c1-3-23(4-2)11-12-24-17(21)14-19(27)25(20(24)28)15-18(26)22-10-13-29-16-8-6-5-7-9-16/h5-9,14H,3-4,10-13,15,21H2,1-2H3,(H,22,26). The average Bonchev–Trinajstić information content (AvgIpc) is 2.72. The highest BCUT2D eigenvalue weighted by Crippen LogP contribution is 2.15. The van der Waals surface area contributed by atoms with Crippen molar-refractivity contribution < 1.29 is 4.79 Å². The monoisotopic (exact) mass is 419 g/mol. The van der Waals surface area contributed by atoms with Gasteiger partial charge in [-0.3, -0.25) is 18.7 Å². The Hall–Kier alpha value is -2.52. The molecule has 0 radical (unpaired) electrons. The van der Waals surface area contributed by atoms with Crippen LogP contribution in [0, 0.1) is 0 Å². The number of nitrogen functional groups attached to an aromatic ring is 1. The predicted octanol–water partition coefficient (Wildman–Crippen LogP) is 0.843. The minimum absolute atomic E-state index is 0.114. The molecule has 8 nitrogen and oxygen atoms in total. The SMILES string of the molecule is CCN(CC)CCn1c(N)cc(=O)n(CC(=O)NCCSc2ccccc2)c1=O. The third-order valence-electron chi connectivity index (χ3n) is 4.58. The van der Waals surface area contributed by atoms with E-state index in [1.807, 2.05) is 44.2 Å². The molecule has 1 aromatic carbocycles. The number of rotatable bonds is 11. The molecule has 0 aliphatic carbocycles. The molecule has 2 aromatic rings. The van der Waals surface area contributed by atoms with Gasteiger partial charge in [0.05, 0.1) is 0 Å². The summed E-state index contributed by atoms with van der Waals surface area (Å²) in [5.74, 6) is 0.432. The number of hydrogen-bond donors (Lipinski definition) is 2. The van der Waals surface area contributed by atoms with Crippen molar-refractivity contribution in [2.24, 2.45) is 0 Å². The molecule has 9 heteroatoms. The van der Waals surface area contributed by atoms with E-state index in [-0.39, 0.29) is 18.3 Å². The molecular formula is C20H29N5O3S. The van der Waals surface area contributed by atoms with Gasteiger partial charge in [0.2, 0.25) is 5.91 Å². The van der Waals surface area contributed by atoms with E-state index in [9.17, 15) is 14.4 Å². The van der Waals surface area contributed by atoms with Gasteiger partial charge in [-0.05, 0) is 25.2 Å². The largest absolute Gasteiger partial charge is 0.385 e. The lowest BCUT2D eigenvalue weighted by Gasteiger charge is -2.19. The van der Waals surface area contributed by atoms with Gasteiger partial charge in [0.1, 0.15) is 12.4 Å². The maximum atomic E-state index is 12.7. The van der Waals surface area contributed by atoms with Gasteiger partial charge in [-0.2, -0.15) is 0 Å². The summed E-state index contributed by atoms with van der Waals surface area (Å²) < 4.78 is 2.27. The molecule has 1 aromatic heterocycles. The molecule has 1 amide bonds. The van der Waals surface area contributed by atoms with Crippen LogP contribution >= 0.6 is 11.8 Å². The second-order valence-corrected chi connectivity index (χ2v) is 7.63. The number of hydrogen-bond acceptors (Lipinski definition) is 6. The molecule has 0 fully saturated rings. The summed E-state index contributed by atoms with van der Waals surface area (Å²) in [6, 6.07) is 11.1. The van der Waals surface area contributed by atoms with Crippen molar-refractivity contribution in [1.82, 2.24) is 19.4 Å². The highest BCUT2D eigenvalue weighted by Gasteiger charge is 2.13. The lowest BCUT2D eigenvalue weighted by molar-refractivity contribution is -0.121. The van der Waals surface area contributed by atoms with Gasteiger partial charge in [-0.25, -0.2) is 4.79 Å². The first-order valence-electron chi connectivity index (χ1n) is 9.73. The Labute approximate surface area is 174 Å². The Morgan fingerprint density at radius 1 is 1.14 bits per heavy atom. The van der Waals surface area contributed by atoms with Crippen LogP contribution in [-0.2, 0) is 17.9 Å². The number of likely N-dealkylation sites (N-methyl/N-ethyl adjacent to an activating group) is 1. The molecule has 0 saturated carbocycles. The summed E-state index contributed by atoms with van der Waals surface area (Å²) in [5, 5.41) is 2.75. The fraction of sp³-hybridized carbons (Fsp3) is 0.450. The lowest BCUT2D eigenvalue weighted by atomic mass is 10.4. The minimum atomic E-state index is -0.569. The number of nitrogens with zero attached hydrogens (tertiary/aromatic N) is 3. The molecule has 2 rings (SSSR count). The highest BCUT2D eigenvalue weighted by molar-refractivity contribution is 7.99. The van der Waals surface area contributed by atoms with Crippen LogP contribution in [0.25, 0.3) is 0 Å². The molecule has 0 aliphatic rings. The van der Waals surface area contributed by atoms with Crippen LogP contribution in [0.1, 0.15) is 13.8 Å². The number of nitrogens with one attached hydrogen (secondary N) is 1. The summed E-state index contributed by atoms with van der Waals surface area (Å²) >= 11 is 1.62. The zero-order valence-electron chi connectivity index (χ0n) is 17.0. The van der Waals surface area contributed by atoms with E-state index in [1.165, 1.54) is 10.6 Å².